The average molecular weight is 548 g/mol. The van der Waals surface area contributed by atoms with Crippen molar-refractivity contribution in [3.8, 4) is 0 Å². The molecule has 1 heterocycles. The third-order valence-electron chi connectivity index (χ3n) is 7.04. The molecule has 41 heavy (non-hydrogen) atoms. The van der Waals surface area contributed by atoms with Gasteiger partial charge in [-0.25, -0.2) is 9.59 Å². The van der Waals surface area contributed by atoms with Crippen LogP contribution in [0, 0.1) is 5.92 Å². The highest BCUT2D eigenvalue weighted by Gasteiger charge is 2.50. The van der Waals surface area contributed by atoms with E-state index in [2.05, 4.69) is 0 Å². The first-order chi connectivity index (χ1) is 20.0. The summed E-state index contributed by atoms with van der Waals surface area (Å²) in [7, 11) is 0. The summed E-state index contributed by atoms with van der Waals surface area (Å²) in [6, 6.07) is 33.5. The molecule has 0 saturated carbocycles. The summed E-state index contributed by atoms with van der Waals surface area (Å²) in [4.78, 5) is 53.0. The Hall–Kier alpha value is -5.04. The van der Waals surface area contributed by atoms with Gasteiger partial charge in [0.05, 0.1) is 29.5 Å². The Morgan fingerprint density at radius 2 is 1.20 bits per heavy atom. The van der Waals surface area contributed by atoms with Gasteiger partial charge in [-0.3, -0.25) is 14.5 Å². The number of imide groups is 1. The van der Waals surface area contributed by atoms with Gasteiger partial charge in [0.1, 0.15) is 13.2 Å². The van der Waals surface area contributed by atoms with Crippen molar-refractivity contribution < 1.29 is 28.7 Å². The lowest BCUT2D eigenvalue weighted by Crippen LogP contribution is -2.65. The number of β-lactam (4-membered cyclic amide) rings is 1. The molecule has 206 valence electrons. The van der Waals surface area contributed by atoms with Crippen LogP contribution in [0.2, 0.25) is 0 Å². The second-order valence-corrected chi connectivity index (χ2v) is 9.87. The zero-order valence-corrected chi connectivity index (χ0v) is 22.3. The highest BCUT2D eigenvalue weighted by molar-refractivity contribution is 6.03. The van der Waals surface area contributed by atoms with Crippen molar-refractivity contribution in [1.29, 1.82) is 0 Å². The van der Waals surface area contributed by atoms with Crippen LogP contribution < -0.4 is 0 Å². The Balaban J connectivity index is 1.26. The third-order valence-corrected chi connectivity index (χ3v) is 7.04. The fraction of sp³-hybridized carbons (Fsp3) is 0.176. The average Bonchev–Trinajstić information content (AvgIpc) is 3.02. The zero-order valence-electron chi connectivity index (χ0n) is 22.3. The minimum atomic E-state index is -0.595. The number of ether oxygens (including phenoxy) is 2. The summed E-state index contributed by atoms with van der Waals surface area (Å²) in [6.45, 7) is 0.0336. The highest BCUT2D eigenvalue weighted by Crippen LogP contribution is 2.31. The number of nitrogens with zero attached hydrogens (tertiary/aromatic N) is 1. The summed E-state index contributed by atoms with van der Waals surface area (Å²) in [5.74, 6) is -2.24. The molecule has 7 nitrogen and oxygen atoms in total. The second-order valence-electron chi connectivity index (χ2n) is 9.87. The largest absolute Gasteiger partial charge is 0.460 e. The second kappa shape index (κ2) is 12.9. The van der Waals surface area contributed by atoms with Crippen LogP contribution in [0.3, 0.4) is 0 Å². The monoisotopic (exact) mass is 547 g/mol. The Labute approximate surface area is 238 Å². The summed E-state index contributed by atoms with van der Waals surface area (Å²) >= 11 is 0. The third kappa shape index (κ3) is 6.76. The predicted molar refractivity (Wildman–Crippen MR) is 152 cm³/mol. The maximum absolute atomic E-state index is 13.4. The smallest absolute Gasteiger partial charge is 0.338 e. The molecule has 1 aliphatic rings. The van der Waals surface area contributed by atoms with Crippen LogP contribution in [-0.4, -0.2) is 41.3 Å². The van der Waals surface area contributed by atoms with Gasteiger partial charge in [0.15, 0.2) is 0 Å². The van der Waals surface area contributed by atoms with Crippen LogP contribution in [0.25, 0.3) is 0 Å². The van der Waals surface area contributed by atoms with E-state index in [1.165, 1.54) is 4.90 Å². The van der Waals surface area contributed by atoms with E-state index < -0.39 is 29.8 Å². The van der Waals surface area contributed by atoms with Crippen LogP contribution in [0.5, 0.6) is 0 Å². The Bertz CT molecular complexity index is 1520. The summed E-state index contributed by atoms with van der Waals surface area (Å²) < 4.78 is 11.0. The lowest BCUT2D eigenvalue weighted by Gasteiger charge is -2.45. The van der Waals surface area contributed by atoms with E-state index in [-0.39, 0.29) is 25.5 Å². The maximum Gasteiger partial charge on any atom is 0.338 e. The molecule has 4 aromatic carbocycles. The number of likely N-dealkylation sites (tertiary alicyclic amines) is 1. The normalized spacial score (nSPS) is 16.0. The van der Waals surface area contributed by atoms with Crippen molar-refractivity contribution in [3.63, 3.8) is 0 Å². The molecule has 2 atom stereocenters. The van der Waals surface area contributed by atoms with Crippen LogP contribution >= 0.6 is 0 Å². The molecular weight excluding hydrogens is 518 g/mol. The number of benzene rings is 4. The lowest BCUT2D eigenvalue weighted by molar-refractivity contribution is -0.168. The summed E-state index contributed by atoms with van der Waals surface area (Å²) in [5, 5.41) is 0. The summed E-state index contributed by atoms with van der Waals surface area (Å²) in [5.41, 5.74) is 3.11. The van der Waals surface area contributed by atoms with E-state index in [4.69, 9.17) is 9.47 Å². The zero-order chi connectivity index (χ0) is 28.6. The van der Waals surface area contributed by atoms with Gasteiger partial charge in [-0.15, -0.1) is 0 Å². The highest BCUT2D eigenvalue weighted by atomic mass is 16.5. The SMILES string of the molecule is O=C(OCc1ccccc1)c1cccc(CC(=O)N2C(=O)[C@@H](Cc3ccccc3)[C@H]2COC(=O)c2ccccc2)c1. The van der Waals surface area contributed by atoms with Crippen LogP contribution in [0.4, 0.5) is 0 Å². The molecule has 0 radical (unpaired) electrons. The first-order valence-corrected chi connectivity index (χ1v) is 13.4. The molecule has 1 fully saturated rings. The number of hydrogen-bond donors (Lipinski definition) is 0. The van der Waals surface area contributed by atoms with Gasteiger partial charge in [0.2, 0.25) is 11.8 Å². The number of carbonyl (C=O) groups excluding carboxylic acids is 4. The van der Waals surface area contributed by atoms with Gasteiger partial charge in [-0.05, 0) is 47.4 Å². The standard InChI is InChI=1S/C34H29NO6/c36-31(21-26-15-10-18-28(19-26)34(39)40-22-25-13-6-2-7-14-25)35-30(23-41-33(38)27-16-8-3-9-17-27)29(32(35)37)20-24-11-4-1-5-12-24/h1-19,29-30H,20-23H2/t29-,30+/m0/s1. The molecule has 0 N–H and O–H groups in total. The molecule has 0 aromatic heterocycles. The topological polar surface area (TPSA) is 90.0 Å². The van der Waals surface area contributed by atoms with Crippen LogP contribution in [0.1, 0.15) is 37.4 Å². The molecule has 7 heteroatoms. The van der Waals surface area contributed by atoms with Gasteiger partial charge in [-0.2, -0.15) is 0 Å². The van der Waals surface area contributed by atoms with Crippen LogP contribution in [-0.2, 0) is 38.5 Å². The Morgan fingerprint density at radius 1 is 0.634 bits per heavy atom. The molecule has 5 rings (SSSR count). The molecule has 1 aliphatic heterocycles. The van der Waals surface area contributed by atoms with Crippen molar-refractivity contribution >= 4 is 23.8 Å². The predicted octanol–water partition coefficient (Wildman–Crippen LogP) is 5.04. The van der Waals surface area contributed by atoms with Crippen molar-refractivity contribution in [3.05, 3.63) is 143 Å². The molecule has 4 aromatic rings. The molecule has 0 spiro atoms. The molecular formula is C34H29NO6. The number of carbonyl (C=O) groups is 4. The van der Waals surface area contributed by atoms with E-state index in [9.17, 15) is 19.2 Å². The Morgan fingerprint density at radius 3 is 1.88 bits per heavy atom. The molecule has 1 saturated heterocycles. The van der Waals surface area contributed by atoms with Crippen LogP contribution in [0.15, 0.2) is 115 Å². The van der Waals surface area contributed by atoms with Crippen molar-refractivity contribution in [2.75, 3.05) is 6.61 Å². The molecule has 0 bridgehead atoms. The van der Waals surface area contributed by atoms with E-state index >= 15 is 0 Å². The number of hydrogen-bond acceptors (Lipinski definition) is 6. The van der Waals surface area contributed by atoms with Crippen molar-refractivity contribution in [1.82, 2.24) is 4.90 Å². The van der Waals surface area contributed by atoms with Crippen molar-refractivity contribution in [2.24, 2.45) is 5.92 Å². The van der Waals surface area contributed by atoms with E-state index in [1.54, 1.807) is 54.6 Å². The van der Waals surface area contributed by atoms with E-state index in [0.29, 0.717) is 23.1 Å². The fourth-order valence-electron chi connectivity index (χ4n) is 4.89. The number of rotatable bonds is 10. The molecule has 0 unspecified atom stereocenters. The maximum atomic E-state index is 13.4. The van der Waals surface area contributed by atoms with Gasteiger partial charge < -0.3 is 9.47 Å². The van der Waals surface area contributed by atoms with E-state index in [1.807, 2.05) is 60.7 Å². The van der Waals surface area contributed by atoms with Gasteiger partial charge >= 0.3 is 11.9 Å². The van der Waals surface area contributed by atoms with E-state index in [0.717, 1.165) is 11.1 Å². The molecule has 2 amide bonds. The fourth-order valence-corrected chi connectivity index (χ4v) is 4.89. The first kappa shape index (κ1) is 27.5. The minimum Gasteiger partial charge on any atom is -0.460 e. The van der Waals surface area contributed by atoms with Crippen molar-refractivity contribution in [2.45, 2.75) is 25.5 Å². The lowest BCUT2D eigenvalue weighted by atomic mass is 9.82. The quantitative estimate of drug-likeness (QED) is 0.204. The Kier molecular flexibility index (Phi) is 8.64. The minimum absolute atomic E-state index is 0.0905. The van der Waals surface area contributed by atoms with Gasteiger partial charge in [-0.1, -0.05) is 91.0 Å². The van der Waals surface area contributed by atoms with Gasteiger partial charge in [0, 0.05) is 0 Å². The first-order valence-electron chi connectivity index (χ1n) is 13.4. The molecule has 0 aliphatic carbocycles. The number of amides is 2. The summed E-state index contributed by atoms with van der Waals surface area (Å²) in [6.07, 6.45) is 0.340. The van der Waals surface area contributed by atoms with Gasteiger partial charge in [0.25, 0.3) is 0 Å². The number of esters is 2.